The first-order chi connectivity index (χ1) is 9.72. The van der Waals surface area contributed by atoms with Gasteiger partial charge in [-0.1, -0.05) is 53.4 Å². The van der Waals surface area contributed by atoms with Gasteiger partial charge in [-0.05, 0) is 18.4 Å². The van der Waals surface area contributed by atoms with Gasteiger partial charge in [0.15, 0.2) is 4.34 Å². The molecule has 1 amide bonds. The molecule has 0 bridgehead atoms. The molecule has 1 aromatic heterocycles. The first-order valence-corrected chi connectivity index (χ1v) is 8.03. The number of aromatic nitrogens is 2. The van der Waals surface area contributed by atoms with Crippen LogP contribution in [-0.4, -0.2) is 22.1 Å². The Labute approximate surface area is 125 Å². The van der Waals surface area contributed by atoms with Crippen molar-refractivity contribution in [1.82, 2.24) is 15.5 Å². The lowest BCUT2D eigenvalue weighted by atomic mass is 10.1. The molecule has 3 N–H and O–H groups in total. The fourth-order valence-corrected chi connectivity index (χ4v) is 3.61. The van der Waals surface area contributed by atoms with Crippen LogP contribution in [0.1, 0.15) is 23.7 Å². The van der Waals surface area contributed by atoms with Gasteiger partial charge in [0.1, 0.15) is 5.25 Å². The van der Waals surface area contributed by atoms with Crippen LogP contribution in [-0.2, 0) is 4.79 Å². The summed E-state index contributed by atoms with van der Waals surface area (Å²) in [5, 5.41) is 10.9. The van der Waals surface area contributed by atoms with Crippen molar-refractivity contribution in [3.8, 4) is 0 Å². The quantitative estimate of drug-likeness (QED) is 0.828. The minimum absolute atomic E-state index is 0.0254. The summed E-state index contributed by atoms with van der Waals surface area (Å²) in [7, 11) is 0. The molecule has 2 aromatic rings. The second kappa shape index (κ2) is 5.80. The number of nitrogens with two attached hydrogens (primary N) is 1. The van der Waals surface area contributed by atoms with E-state index in [2.05, 4.69) is 15.5 Å². The number of anilines is 1. The van der Waals surface area contributed by atoms with Crippen molar-refractivity contribution >= 4 is 34.1 Å². The Morgan fingerprint density at radius 1 is 1.35 bits per heavy atom. The van der Waals surface area contributed by atoms with Crippen LogP contribution >= 0.6 is 23.1 Å². The van der Waals surface area contributed by atoms with Gasteiger partial charge < -0.3 is 11.1 Å². The molecule has 3 rings (SSSR count). The van der Waals surface area contributed by atoms with Gasteiger partial charge in [0, 0.05) is 6.04 Å². The van der Waals surface area contributed by atoms with E-state index in [-0.39, 0.29) is 11.2 Å². The Morgan fingerprint density at radius 3 is 2.70 bits per heavy atom. The Morgan fingerprint density at radius 2 is 2.10 bits per heavy atom. The zero-order valence-corrected chi connectivity index (χ0v) is 12.3. The number of nitrogen functional groups attached to an aromatic ring is 1. The first-order valence-electron chi connectivity index (χ1n) is 6.33. The SMILES string of the molecule is Nc1nnc(S[C@@H](C(=O)NC2CC2)c2ccccc2)s1. The van der Waals surface area contributed by atoms with Crippen molar-refractivity contribution in [2.75, 3.05) is 5.73 Å². The van der Waals surface area contributed by atoms with Crippen LogP contribution in [0.3, 0.4) is 0 Å². The molecule has 7 heteroatoms. The topological polar surface area (TPSA) is 80.9 Å². The number of thioether (sulfide) groups is 1. The minimum Gasteiger partial charge on any atom is -0.374 e. The van der Waals surface area contributed by atoms with Crippen LogP contribution < -0.4 is 11.1 Å². The summed E-state index contributed by atoms with van der Waals surface area (Å²) in [6, 6.07) is 10.0. The monoisotopic (exact) mass is 306 g/mol. The highest BCUT2D eigenvalue weighted by Crippen LogP contribution is 2.38. The van der Waals surface area contributed by atoms with Gasteiger partial charge in [-0.3, -0.25) is 4.79 Å². The molecule has 20 heavy (non-hydrogen) atoms. The van der Waals surface area contributed by atoms with Gasteiger partial charge in [0.25, 0.3) is 0 Å². The van der Waals surface area contributed by atoms with Crippen LogP contribution in [0.15, 0.2) is 34.7 Å². The minimum atomic E-state index is -0.316. The van der Waals surface area contributed by atoms with Gasteiger partial charge >= 0.3 is 0 Å². The van der Waals surface area contributed by atoms with Crippen molar-refractivity contribution < 1.29 is 4.79 Å². The van der Waals surface area contributed by atoms with Crippen molar-refractivity contribution in [2.24, 2.45) is 0 Å². The Kier molecular flexibility index (Phi) is 3.88. The van der Waals surface area contributed by atoms with E-state index in [1.54, 1.807) is 0 Å². The number of carbonyl (C=O) groups excluding carboxylic acids is 1. The molecular formula is C13H14N4OS2. The van der Waals surface area contributed by atoms with E-state index in [0.717, 1.165) is 18.4 Å². The van der Waals surface area contributed by atoms with Gasteiger partial charge in [-0.15, -0.1) is 10.2 Å². The van der Waals surface area contributed by atoms with E-state index in [1.165, 1.54) is 23.1 Å². The molecule has 0 spiro atoms. The summed E-state index contributed by atoms with van der Waals surface area (Å²) >= 11 is 2.69. The maximum atomic E-state index is 12.4. The number of benzene rings is 1. The second-order valence-electron chi connectivity index (χ2n) is 4.60. The van der Waals surface area contributed by atoms with Gasteiger partial charge in [-0.25, -0.2) is 0 Å². The van der Waals surface area contributed by atoms with Crippen LogP contribution in [0.4, 0.5) is 5.13 Å². The van der Waals surface area contributed by atoms with E-state index >= 15 is 0 Å². The molecule has 1 saturated carbocycles. The largest absolute Gasteiger partial charge is 0.374 e. The van der Waals surface area contributed by atoms with Crippen LogP contribution in [0, 0.1) is 0 Å². The molecule has 1 atom stereocenters. The Hall–Kier alpha value is -1.60. The maximum Gasteiger partial charge on any atom is 0.238 e. The normalized spacial score (nSPS) is 15.8. The lowest BCUT2D eigenvalue weighted by Crippen LogP contribution is -2.29. The lowest BCUT2D eigenvalue weighted by Gasteiger charge is -2.15. The third kappa shape index (κ3) is 3.29. The fraction of sp³-hybridized carbons (Fsp3) is 0.308. The molecule has 5 nitrogen and oxygen atoms in total. The predicted molar refractivity (Wildman–Crippen MR) is 80.5 cm³/mol. The van der Waals surface area contributed by atoms with Crippen LogP contribution in [0.25, 0.3) is 0 Å². The van der Waals surface area contributed by atoms with Gasteiger partial charge in [0.05, 0.1) is 0 Å². The highest BCUT2D eigenvalue weighted by Gasteiger charge is 2.29. The summed E-state index contributed by atoms with van der Waals surface area (Å²) in [5.74, 6) is 0.0254. The number of nitrogens with one attached hydrogen (secondary N) is 1. The molecule has 0 unspecified atom stereocenters. The smallest absolute Gasteiger partial charge is 0.238 e. The zero-order chi connectivity index (χ0) is 13.9. The maximum absolute atomic E-state index is 12.4. The van der Waals surface area contributed by atoms with E-state index in [9.17, 15) is 4.79 Å². The molecule has 1 aliphatic carbocycles. The molecule has 0 saturated heterocycles. The molecule has 1 heterocycles. The van der Waals surface area contributed by atoms with E-state index in [0.29, 0.717) is 15.5 Å². The number of hydrogen-bond donors (Lipinski definition) is 2. The summed E-state index contributed by atoms with van der Waals surface area (Å²) < 4.78 is 0.710. The van der Waals surface area contributed by atoms with Crippen molar-refractivity contribution in [2.45, 2.75) is 28.5 Å². The molecule has 0 radical (unpaired) electrons. The number of rotatable bonds is 5. The fourth-order valence-electron chi connectivity index (χ4n) is 1.77. The first kappa shape index (κ1) is 13.4. The van der Waals surface area contributed by atoms with Gasteiger partial charge in [0.2, 0.25) is 11.0 Å². The van der Waals surface area contributed by atoms with Gasteiger partial charge in [-0.2, -0.15) is 0 Å². The number of carbonyl (C=O) groups is 1. The highest BCUT2D eigenvalue weighted by molar-refractivity contribution is 8.01. The molecule has 0 aliphatic heterocycles. The van der Waals surface area contributed by atoms with E-state index < -0.39 is 0 Å². The third-order valence-corrected chi connectivity index (χ3v) is 5.00. The van der Waals surface area contributed by atoms with E-state index in [1.807, 2.05) is 30.3 Å². The molecule has 1 aliphatic rings. The Bertz CT molecular complexity index is 597. The average Bonchev–Trinajstić information content (AvgIpc) is 3.17. The highest BCUT2D eigenvalue weighted by atomic mass is 32.2. The van der Waals surface area contributed by atoms with Crippen molar-refractivity contribution in [3.05, 3.63) is 35.9 Å². The van der Waals surface area contributed by atoms with Crippen molar-refractivity contribution in [3.63, 3.8) is 0 Å². The van der Waals surface area contributed by atoms with Crippen LogP contribution in [0.5, 0.6) is 0 Å². The zero-order valence-electron chi connectivity index (χ0n) is 10.7. The summed E-state index contributed by atoms with van der Waals surface area (Å²) in [6.07, 6.45) is 2.15. The molecule has 104 valence electrons. The lowest BCUT2D eigenvalue weighted by molar-refractivity contribution is -0.120. The number of hydrogen-bond acceptors (Lipinski definition) is 6. The molecular weight excluding hydrogens is 292 g/mol. The third-order valence-electron chi connectivity index (χ3n) is 2.90. The molecule has 1 fully saturated rings. The Balaban J connectivity index is 1.80. The summed E-state index contributed by atoms with van der Waals surface area (Å²) in [5.41, 5.74) is 6.55. The van der Waals surface area contributed by atoms with E-state index in [4.69, 9.17) is 5.73 Å². The summed E-state index contributed by atoms with van der Waals surface area (Å²) in [6.45, 7) is 0. The predicted octanol–water partition coefficient (Wildman–Crippen LogP) is 2.23. The van der Waals surface area contributed by atoms with Crippen LogP contribution in [0.2, 0.25) is 0 Å². The number of amides is 1. The molecule has 1 aromatic carbocycles. The summed E-state index contributed by atoms with van der Waals surface area (Å²) in [4.78, 5) is 12.4. The average molecular weight is 306 g/mol. The second-order valence-corrected chi connectivity index (χ2v) is 6.96. The number of nitrogens with zero attached hydrogens (tertiary/aromatic N) is 2. The standard InChI is InChI=1S/C13H14N4OS2/c14-12-16-17-13(20-12)19-10(8-4-2-1-3-5-8)11(18)15-9-6-7-9/h1-5,9-10H,6-7H2,(H2,14,16)(H,15,18)/t10-/m1/s1. The van der Waals surface area contributed by atoms with Crippen molar-refractivity contribution in [1.29, 1.82) is 0 Å².